The number of aromatic nitrogens is 2. The fourth-order valence-corrected chi connectivity index (χ4v) is 10.4. The van der Waals surface area contributed by atoms with Gasteiger partial charge in [0.2, 0.25) is 0 Å². The predicted molar refractivity (Wildman–Crippen MR) is 288 cm³/mol. The van der Waals surface area contributed by atoms with Gasteiger partial charge in [-0.2, -0.15) is 0 Å². The van der Waals surface area contributed by atoms with E-state index in [2.05, 4.69) is 153 Å². The Morgan fingerprint density at radius 3 is 0.986 bits per heavy atom. The quantitative estimate of drug-likeness (QED) is 0.143. The summed E-state index contributed by atoms with van der Waals surface area (Å²) < 4.78 is 18.1. The van der Waals surface area contributed by atoms with Crippen LogP contribution < -0.4 is 9.47 Å². The molecule has 0 aliphatic heterocycles. The topological polar surface area (TPSA) is 68.8 Å². The standard InChI is InChI=1S/C63H62N2O4/c1-34-21-52(62(66)58(23-34)64-54-29-40(7)36(3)25-48(54)49-26-37(4)41(8)30-55(49)64)46-17-13-15-19-60(46)68-44(11)33-45(12)69-61-20-16-14-18-47(61)53-22-35(2)24-59(63(53)67)65-56-31-42(9)38(5)27-50(56)51-28-39(6)43(10)32-57(51)65/h13-32,44-45,66-67H,33H2,1-12H3/t44-,45-/m0/s1. The van der Waals surface area contributed by atoms with Gasteiger partial charge < -0.3 is 28.8 Å². The van der Waals surface area contributed by atoms with Gasteiger partial charge in [0.1, 0.15) is 23.0 Å². The normalized spacial score (nSPS) is 12.7. The number of rotatable bonds is 10. The number of para-hydroxylation sites is 2. The van der Waals surface area contributed by atoms with Crippen molar-refractivity contribution < 1.29 is 19.7 Å². The van der Waals surface area contributed by atoms with Crippen molar-refractivity contribution in [3.8, 4) is 56.6 Å². The number of hydrogen-bond acceptors (Lipinski definition) is 4. The molecule has 0 amide bonds. The van der Waals surface area contributed by atoms with Gasteiger partial charge in [-0.05, 0) is 224 Å². The van der Waals surface area contributed by atoms with Crippen LogP contribution in [0.2, 0.25) is 0 Å². The molecule has 348 valence electrons. The zero-order valence-electron chi connectivity index (χ0n) is 42.0. The maximum atomic E-state index is 12.4. The van der Waals surface area contributed by atoms with Crippen molar-refractivity contribution in [2.75, 3.05) is 0 Å². The lowest BCUT2D eigenvalue weighted by Gasteiger charge is -2.24. The Hall–Kier alpha value is -7.44. The van der Waals surface area contributed by atoms with E-state index in [1.165, 1.54) is 66.1 Å². The largest absolute Gasteiger partial charge is 0.505 e. The SMILES string of the molecule is Cc1cc(-c2ccccc2O[C@@H](C)C[C@H](C)Oc2ccccc2-c2cc(C)cc(-n3c4cc(C)c(C)cc4c4cc(C)c(C)cc43)c2O)c(O)c(-n2c3cc(C)c(C)cc3c3cc(C)c(C)cc32)c1. The van der Waals surface area contributed by atoms with Crippen LogP contribution in [0.25, 0.3) is 77.2 Å². The Bertz CT molecular complexity index is 3340. The number of fused-ring (bicyclic) bond motifs is 6. The van der Waals surface area contributed by atoms with Crippen LogP contribution in [0.1, 0.15) is 75.9 Å². The molecule has 6 nitrogen and oxygen atoms in total. The van der Waals surface area contributed by atoms with Gasteiger partial charge in [0, 0.05) is 50.2 Å². The third-order valence-corrected chi connectivity index (χ3v) is 14.6. The predicted octanol–water partition coefficient (Wildman–Crippen LogP) is 16.3. The molecule has 0 bridgehead atoms. The molecule has 0 aliphatic carbocycles. The first-order valence-electron chi connectivity index (χ1n) is 24.2. The molecule has 0 saturated carbocycles. The van der Waals surface area contributed by atoms with E-state index in [4.69, 9.17) is 9.47 Å². The van der Waals surface area contributed by atoms with Crippen molar-refractivity contribution in [2.24, 2.45) is 0 Å². The van der Waals surface area contributed by atoms with Crippen LogP contribution in [-0.4, -0.2) is 31.6 Å². The molecular formula is C63H62N2O4. The number of hydrogen-bond donors (Lipinski definition) is 2. The Morgan fingerprint density at radius 1 is 0.377 bits per heavy atom. The fourth-order valence-electron chi connectivity index (χ4n) is 10.4. The number of ether oxygens (including phenoxy) is 2. The first-order chi connectivity index (χ1) is 33.0. The van der Waals surface area contributed by atoms with Crippen molar-refractivity contribution in [1.82, 2.24) is 9.13 Å². The molecule has 0 fully saturated rings. The average molecular weight is 911 g/mol. The number of benzene rings is 8. The second kappa shape index (κ2) is 17.3. The van der Waals surface area contributed by atoms with Gasteiger partial charge in [0.05, 0.1) is 45.6 Å². The summed E-state index contributed by atoms with van der Waals surface area (Å²) in [5.41, 5.74) is 20.6. The molecule has 2 aromatic heterocycles. The number of phenolic OH excluding ortho intramolecular Hbond substituents is 2. The van der Waals surface area contributed by atoms with Crippen LogP contribution in [0.4, 0.5) is 0 Å². The maximum Gasteiger partial charge on any atom is 0.147 e. The lowest BCUT2D eigenvalue weighted by Crippen LogP contribution is -2.23. The first-order valence-corrected chi connectivity index (χ1v) is 24.2. The highest BCUT2D eigenvalue weighted by Gasteiger charge is 2.25. The van der Waals surface area contributed by atoms with Gasteiger partial charge in [0.15, 0.2) is 0 Å². The molecule has 2 N–H and O–H groups in total. The van der Waals surface area contributed by atoms with Gasteiger partial charge in [-0.25, -0.2) is 0 Å². The second-order valence-corrected chi connectivity index (χ2v) is 19.9. The van der Waals surface area contributed by atoms with E-state index < -0.39 is 0 Å². The van der Waals surface area contributed by atoms with E-state index in [0.717, 1.165) is 55.7 Å². The van der Waals surface area contributed by atoms with Crippen LogP contribution >= 0.6 is 0 Å². The number of aromatic hydroxyl groups is 2. The van der Waals surface area contributed by atoms with Gasteiger partial charge in [0.25, 0.3) is 0 Å². The Kier molecular flexibility index (Phi) is 11.3. The van der Waals surface area contributed by atoms with Crippen LogP contribution in [0.3, 0.4) is 0 Å². The number of phenols is 2. The highest BCUT2D eigenvalue weighted by atomic mass is 16.5. The summed E-state index contributed by atoms with van der Waals surface area (Å²) in [6.45, 7) is 25.5. The lowest BCUT2D eigenvalue weighted by atomic mass is 9.99. The van der Waals surface area contributed by atoms with E-state index >= 15 is 0 Å². The number of aryl methyl sites for hydroxylation is 10. The Labute approximate surface area is 406 Å². The summed E-state index contributed by atoms with van der Waals surface area (Å²) in [4.78, 5) is 0. The Balaban J connectivity index is 0.958. The molecule has 0 aliphatic rings. The summed E-state index contributed by atoms with van der Waals surface area (Å²) in [5.74, 6) is 1.76. The minimum Gasteiger partial charge on any atom is -0.505 e. The van der Waals surface area contributed by atoms with Gasteiger partial charge >= 0.3 is 0 Å². The van der Waals surface area contributed by atoms with Crippen LogP contribution in [-0.2, 0) is 0 Å². The van der Waals surface area contributed by atoms with Crippen LogP contribution in [0, 0.1) is 69.2 Å². The van der Waals surface area contributed by atoms with E-state index in [1.807, 2.05) is 60.7 Å². The summed E-state index contributed by atoms with van der Waals surface area (Å²) in [7, 11) is 0. The zero-order valence-corrected chi connectivity index (χ0v) is 42.0. The van der Waals surface area contributed by atoms with Crippen LogP contribution in [0.15, 0.2) is 121 Å². The third kappa shape index (κ3) is 7.86. The molecule has 0 spiro atoms. The molecule has 0 saturated heterocycles. The summed E-state index contributed by atoms with van der Waals surface area (Å²) in [6.07, 6.45) is 0.0854. The fraction of sp³-hybridized carbons (Fsp3) is 0.238. The van der Waals surface area contributed by atoms with Gasteiger partial charge in [-0.1, -0.05) is 36.4 Å². The maximum absolute atomic E-state index is 12.4. The van der Waals surface area contributed by atoms with Crippen molar-refractivity contribution in [3.05, 3.63) is 177 Å². The Morgan fingerprint density at radius 2 is 0.667 bits per heavy atom. The smallest absolute Gasteiger partial charge is 0.147 e. The summed E-state index contributed by atoms with van der Waals surface area (Å²) >= 11 is 0. The van der Waals surface area contributed by atoms with Gasteiger partial charge in [-0.15, -0.1) is 0 Å². The van der Waals surface area contributed by atoms with E-state index in [1.54, 1.807) is 0 Å². The molecule has 10 aromatic rings. The van der Waals surface area contributed by atoms with Crippen LogP contribution in [0.5, 0.6) is 23.0 Å². The molecule has 2 atom stereocenters. The first kappa shape index (κ1) is 45.3. The second-order valence-electron chi connectivity index (χ2n) is 19.9. The minimum absolute atomic E-state index is 0.198. The molecule has 6 heteroatoms. The molecular weight excluding hydrogens is 849 g/mol. The monoisotopic (exact) mass is 910 g/mol. The summed E-state index contributed by atoms with van der Waals surface area (Å²) in [5, 5.41) is 29.5. The molecule has 69 heavy (non-hydrogen) atoms. The molecule has 0 unspecified atom stereocenters. The zero-order chi connectivity index (χ0) is 48.7. The molecule has 8 aromatic carbocycles. The molecule has 10 rings (SSSR count). The van der Waals surface area contributed by atoms with Crippen molar-refractivity contribution >= 4 is 43.6 Å². The number of nitrogens with zero attached hydrogens (tertiary/aromatic N) is 2. The molecule has 2 heterocycles. The minimum atomic E-state index is -0.247. The van der Waals surface area contributed by atoms with Crippen molar-refractivity contribution in [3.63, 3.8) is 0 Å². The third-order valence-electron chi connectivity index (χ3n) is 14.6. The molecule has 0 radical (unpaired) electrons. The van der Waals surface area contributed by atoms with Gasteiger partial charge in [-0.3, -0.25) is 0 Å². The van der Waals surface area contributed by atoms with E-state index in [9.17, 15) is 10.2 Å². The summed E-state index contributed by atoms with van der Waals surface area (Å²) in [6, 6.07) is 42.3. The highest BCUT2D eigenvalue weighted by Crippen LogP contribution is 2.46. The lowest BCUT2D eigenvalue weighted by molar-refractivity contribution is 0.131. The van der Waals surface area contributed by atoms with E-state index in [0.29, 0.717) is 29.0 Å². The van der Waals surface area contributed by atoms with Crippen molar-refractivity contribution in [2.45, 2.75) is 102 Å². The van der Waals surface area contributed by atoms with Crippen molar-refractivity contribution in [1.29, 1.82) is 0 Å². The van der Waals surface area contributed by atoms with E-state index in [-0.39, 0.29) is 23.7 Å². The highest BCUT2D eigenvalue weighted by molar-refractivity contribution is 6.12. The average Bonchev–Trinajstić information content (AvgIpc) is 3.75.